The van der Waals surface area contributed by atoms with E-state index in [1.54, 1.807) is 20.8 Å². The second-order valence-electron chi connectivity index (χ2n) is 5.32. The molecule has 140 valence electrons. The average molecular weight is 360 g/mol. The Morgan fingerprint density at radius 3 is 2.40 bits per heavy atom. The fourth-order valence-corrected chi connectivity index (χ4v) is 2.00. The average Bonchev–Trinajstić information content (AvgIpc) is 2.52. The van der Waals surface area contributed by atoms with Crippen LogP contribution >= 0.6 is 0 Å². The SMILES string of the molecule is CCOC(=O)NC(C(=O)Nc1ccc(OC)c(OC(F)F)c1)C(C)C. The lowest BCUT2D eigenvalue weighted by atomic mass is 10.0. The van der Waals surface area contributed by atoms with Gasteiger partial charge in [0.1, 0.15) is 6.04 Å². The van der Waals surface area contributed by atoms with E-state index in [4.69, 9.17) is 9.47 Å². The molecule has 2 amide bonds. The minimum Gasteiger partial charge on any atom is -0.493 e. The summed E-state index contributed by atoms with van der Waals surface area (Å²) in [7, 11) is 1.31. The maximum Gasteiger partial charge on any atom is 0.407 e. The molecule has 7 nitrogen and oxygen atoms in total. The van der Waals surface area contributed by atoms with Crippen LogP contribution in [0.15, 0.2) is 18.2 Å². The Balaban J connectivity index is 2.90. The van der Waals surface area contributed by atoms with Crippen molar-refractivity contribution in [2.45, 2.75) is 33.4 Å². The lowest BCUT2D eigenvalue weighted by Crippen LogP contribution is -2.47. The van der Waals surface area contributed by atoms with Gasteiger partial charge in [-0.1, -0.05) is 13.8 Å². The number of hydrogen-bond acceptors (Lipinski definition) is 5. The van der Waals surface area contributed by atoms with Gasteiger partial charge in [-0.25, -0.2) is 4.79 Å². The van der Waals surface area contributed by atoms with E-state index in [1.807, 2.05) is 0 Å². The molecule has 2 N–H and O–H groups in total. The van der Waals surface area contributed by atoms with E-state index >= 15 is 0 Å². The van der Waals surface area contributed by atoms with Crippen molar-refractivity contribution in [2.24, 2.45) is 5.92 Å². The van der Waals surface area contributed by atoms with Crippen molar-refractivity contribution in [1.29, 1.82) is 0 Å². The van der Waals surface area contributed by atoms with Crippen LogP contribution in [0, 0.1) is 5.92 Å². The molecule has 1 unspecified atom stereocenters. The molecule has 0 bridgehead atoms. The van der Waals surface area contributed by atoms with Gasteiger partial charge in [0.25, 0.3) is 0 Å². The van der Waals surface area contributed by atoms with Gasteiger partial charge in [-0.2, -0.15) is 8.78 Å². The van der Waals surface area contributed by atoms with Gasteiger partial charge in [0, 0.05) is 11.8 Å². The number of carbonyl (C=O) groups is 2. The highest BCUT2D eigenvalue weighted by Gasteiger charge is 2.25. The van der Waals surface area contributed by atoms with E-state index in [-0.39, 0.29) is 29.7 Å². The fraction of sp³-hybridized carbons (Fsp3) is 0.500. The maximum absolute atomic E-state index is 12.5. The molecule has 0 saturated carbocycles. The second-order valence-corrected chi connectivity index (χ2v) is 5.32. The Morgan fingerprint density at radius 2 is 1.88 bits per heavy atom. The summed E-state index contributed by atoms with van der Waals surface area (Å²) in [6.45, 7) is 2.27. The lowest BCUT2D eigenvalue weighted by Gasteiger charge is -2.21. The van der Waals surface area contributed by atoms with Gasteiger partial charge in [0.05, 0.1) is 13.7 Å². The van der Waals surface area contributed by atoms with Crippen LogP contribution < -0.4 is 20.1 Å². The first-order valence-corrected chi connectivity index (χ1v) is 7.65. The van der Waals surface area contributed by atoms with Gasteiger partial charge in [-0.05, 0) is 25.0 Å². The summed E-state index contributed by atoms with van der Waals surface area (Å²) in [5.74, 6) is -0.853. The molecule has 0 aliphatic carbocycles. The number of methoxy groups -OCH3 is 1. The molecule has 9 heteroatoms. The molecule has 1 aromatic carbocycles. The van der Waals surface area contributed by atoms with Crippen molar-refractivity contribution in [1.82, 2.24) is 5.32 Å². The van der Waals surface area contributed by atoms with Crippen molar-refractivity contribution in [3.63, 3.8) is 0 Å². The van der Waals surface area contributed by atoms with Crippen LogP contribution in [0.2, 0.25) is 0 Å². The number of benzene rings is 1. The zero-order chi connectivity index (χ0) is 19.0. The van der Waals surface area contributed by atoms with Crippen LogP contribution in [-0.4, -0.2) is 38.4 Å². The molecule has 1 aromatic rings. The molecular weight excluding hydrogens is 338 g/mol. The molecule has 0 spiro atoms. The molecule has 1 rings (SSSR count). The highest BCUT2D eigenvalue weighted by Crippen LogP contribution is 2.31. The lowest BCUT2D eigenvalue weighted by molar-refractivity contribution is -0.119. The largest absolute Gasteiger partial charge is 0.493 e. The standard InChI is InChI=1S/C16H22F2N2O5/c1-5-24-16(22)20-13(9(2)3)14(21)19-10-6-7-11(23-4)12(8-10)25-15(17)18/h6-9,13,15H,5H2,1-4H3,(H,19,21)(H,20,22). The Bertz CT molecular complexity index is 596. The normalized spacial score (nSPS) is 11.8. The Morgan fingerprint density at radius 1 is 1.20 bits per heavy atom. The molecule has 0 aliphatic rings. The summed E-state index contributed by atoms with van der Waals surface area (Å²) < 4.78 is 39.0. The summed E-state index contributed by atoms with van der Waals surface area (Å²) in [6.07, 6.45) is -0.715. The summed E-state index contributed by atoms with van der Waals surface area (Å²) in [6, 6.07) is 3.21. The zero-order valence-corrected chi connectivity index (χ0v) is 14.5. The van der Waals surface area contributed by atoms with Crippen molar-refractivity contribution in [3.05, 3.63) is 18.2 Å². The number of anilines is 1. The maximum atomic E-state index is 12.5. The van der Waals surface area contributed by atoms with E-state index in [0.29, 0.717) is 0 Å². The number of amides is 2. The number of hydrogen-bond donors (Lipinski definition) is 2. The van der Waals surface area contributed by atoms with Crippen LogP contribution in [-0.2, 0) is 9.53 Å². The molecule has 0 fully saturated rings. The smallest absolute Gasteiger partial charge is 0.407 e. The van der Waals surface area contributed by atoms with E-state index in [0.717, 1.165) is 0 Å². The third-order valence-corrected chi connectivity index (χ3v) is 3.15. The Labute approximate surface area is 144 Å². The Hall–Kier alpha value is -2.58. The number of nitrogens with one attached hydrogen (secondary N) is 2. The number of rotatable bonds is 8. The topological polar surface area (TPSA) is 85.9 Å². The van der Waals surface area contributed by atoms with Crippen molar-refractivity contribution in [3.8, 4) is 11.5 Å². The van der Waals surface area contributed by atoms with E-state index in [1.165, 1.54) is 25.3 Å². The number of alkyl halides is 2. The van der Waals surface area contributed by atoms with Crippen molar-refractivity contribution < 1.29 is 32.6 Å². The molecule has 0 radical (unpaired) electrons. The van der Waals surface area contributed by atoms with Gasteiger partial charge in [-0.3, -0.25) is 4.79 Å². The van der Waals surface area contributed by atoms with Crippen molar-refractivity contribution >= 4 is 17.7 Å². The summed E-state index contributed by atoms with van der Waals surface area (Å²) >= 11 is 0. The van der Waals surface area contributed by atoms with Gasteiger partial charge in [0.15, 0.2) is 11.5 Å². The van der Waals surface area contributed by atoms with E-state index in [9.17, 15) is 18.4 Å². The molecule has 0 heterocycles. The van der Waals surface area contributed by atoms with Gasteiger partial charge in [-0.15, -0.1) is 0 Å². The monoisotopic (exact) mass is 360 g/mol. The Kier molecular flexibility index (Phi) is 7.90. The molecule has 25 heavy (non-hydrogen) atoms. The highest BCUT2D eigenvalue weighted by atomic mass is 19.3. The predicted octanol–water partition coefficient (Wildman–Crippen LogP) is 3.01. The quantitative estimate of drug-likeness (QED) is 0.744. The molecule has 0 saturated heterocycles. The number of alkyl carbamates (subject to hydrolysis) is 1. The number of ether oxygens (including phenoxy) is 3. The third-order valence-electron chi connectivity index (χ3n) is 3.15. The van der Waals surface area contributed by atoms with Crippen LogP contribution in [0.25, 0.3) is 0 Å². The molecule has 0 aliphatic heterocycles. The van der Waals surface area contributed by atoms with Crippen LogP contribution in [0.4, 0.5) is 19.3 Å². The summed E-state index contributed by atoms with van der Waals surface area (Å²) in [4.78, 5) is 23.9. The first kappa shape index (κ1) is 20.5. The van der Waals surface area contributed by atoms with Gasteiger partial charge >= 0.3 is 12.7 Å². The molecular formula is C16H22F2N2O5. The van der Waals surface area contributed by atoms with Crippen LogP contribution in [0.5, 0.6) is 11.5 Å². The minimum atomic E-state index is -3.03. The van der Waals surface area contributed by atoms with E-state index < -0.39 is 24.7 Å². The summed E-state index contributed by atoms with van der Waals surface area (Å²) in [5, 5.41) is 5.00. The summed E-state index contributed by atoms with van der Waals surface area (Å²) in [5.41, 5.74) is 0.220. The highest BCUT2D eigenvalue weighted by molar-refractivity contribution is 5.97. The predicted molar refractivity (Wildman–Crippen MR) is 87.0 cm³/mol. The fourth-order valence-electron chi connectivity index (χ4n) is 2.00. The minimum absolute atomic E-state index is 0.100. The second kappa shape index (κ2) is 9.65. The van der Waals surface area contributed by atoms with E-state index in [2.05, 4.69) is 15.4 Å². The van der Waals surface area contributed by atoms with Crippen LogP contribution in [0.1, 0.15) is 20.8 Å². The number of halogens is 2. The van der Waals surface area contributed by atoms with Crippen LogP contribution in [0.3, 0.4) is 0 Å². The zero-order valence-electron chi connectivity index (χ0n) is 14.5. The van der Waals surface area contributed by atoms with Gasteiger partial charge in [0.2, 0.25) is 5.91 Å². The van der Waals surface area contributed by atoms with Gasteiger partial charge < -0.3 is 24.8 Å². The van der Waals surface area contributed by atoms with Crippen molar-refractivity contribution in [2.75, 3.05) is 19.0 Å². The third kappa shape index (κ3) is 6.44. The first-order valence-electron chi connectivity index (χ1n) is 7.65. The molecule has 1 atom stereocenters. The molecule has 0 aromatic heterocycles. The number of carbonyl (C=O) groups excluding carboxylic acids is 2. The first-order chi connectivity index (χ1) is 11.8.